The number of nitrogens with one attached hydrogen (secondary N) is 1. The molecule has 2 rings (SSSR count). The highest BCUT2D eigenvalue weighted by Crippen LogP contribution is 2.20. The Balaban J connectivity index is 2.23. The summed E-state index contributed by atoms with van der Waals surface area (Å²) >= 11 is 1.60. The molecule has 0 fully saturated rings. The molecule has 13 heavy (non-hydrogen) atoms. The monoisotopic (exact) mass is 195 g/mol. The third-order valence-electron chi connectivity index (χ3n) is 1.54. The van der Waals surface area contributed by atoms with Crippen molar-refractivity contribution in [2.75, 3.05) is 7.05 Å². The van der Waals surface area contributed by atoms with Crippen LogP contribution in [0.4, 0.5) is 0 Å². The molecule has 0 spiro atoms. The molecule has 4 nitrogen and oxygen atoms in total. The van der Waals surface area contributed by atoms with Crippen LogP contribution in [0.5, 0.6) is 0 Å². The fraction of sp³-hybridized carbons (Fsp3) is 0.250. The van der Waals surface area contributed by atoms with Gasteiger partial charge in [-0.3, -0.25) is 0 Å². The van der Waals surface area contributed by atoms with E-state index in [2.05, 4.69) is 15.5 Å². The first-order valence-corrected chi connectivity index (χ1v) is 4.79. The Morgan fingerprint density at radius 1 is 1.62 bits per heavy atom. The first-order chi connectivity index (χ1) is 6.40. The predicted octanol–water partition coefficient (Wildman–Crippen LogP) is 1.52. The van der Waals surface area contributed by atoms with E-state index in [1.54, 1.807) is 11.3 Å². The van der Waals surface area contributed by atoms with Crippen molar-refractivity contribution >= 4 is 11.3 Å². The zero-order chi connectivity index (χ0) is 9.10. The number of rotatable bonds is 3. The molecule has 2 aromatic heterocycles. The topological polar surface area (TPSA) is 51.0 Å². The van der Waals surface area contributed by atoms with Gasteiger partial charge < -0.3 is 9.84 Å². The fourth-order valence-corrected chi connectivity index (χ4v) is 1.63. The molecule has 0 aromatic carbocycles. The van der Waals surface area contributed by atoms with Crippen LogP contribution in [0.3, 0.4) is 0 Å². The highest BCUT2D eigenvalue weighted by Gasteiger charge is 2.07. The molecule has 0 radical (unpaired) electrons. The van der Waals surface area contributed by atoms with E-state index in [1.165, 1.54) is 0 Å². The Morgan fingerprint density at radius 3 is 3.23 bits per heavy atom. The lowest BCUT2D eigenvalue weighted by Gasteiger charge is -1.86. The second-order valence-corrected chi connectivity index (χ2v) is 3.47. The summed E-state index contributed by atoms with van der Waals surface area (Å²) in [6, 6.07) is 3.94. The molecule has 0 saturated carbocycles. The van der Waals surface area contributed by atoms with Crippen molar-refractivity contribution in [3.05, 3.63) is 23.4 Å². The van der Waals surface area contributed by atoms with Crippen LogP contribution in [0.15, 0.2) is 22.0 Å². The summed E-state index contributed by atoms with van der Waals surface area (Å²) in [5, 5.41) is 8.80. The van der Waals surface area contributed by atoms with Gasteiger partial charge in [0.1, 0.15) is 0 Å². The number of hydrogen-bond donors (Lipinski definition) is 1. The van der Waals surface area contributed by atoms with E-state index >= 15 is 0 Å². The maximum absolute atomic E-state index is 5.01. The van der Waals surface area contributed by atoms with Crippen molar-refractivity contribution in [3.63, 3.8) is 0 Å². The van der Waals surface area contributed by atoms with Gasteiger partial charge in [0.05, 0.1) is 11.4 Å². The lowest BCUT2D eigenvalue weighted by Crippen LogP contribution is -2.04. The Labute approximate surface area is 79.6 Å². The smallest absolute Gasteiger partial charge is 0.240 e. The zero-order valence-corrected chi connectivity index (χ0v) is 7.97. The van der Waals surface area contributed by atoms with Gasteiger partial charge in [-0.05, 0) is 18.5 Å². The van der Waals surface area contributed by atoms with E-state index in [0.717, 1.165) is 4.88 Å². The molecule has 1 N–H and O–H groups in total. The summed E-state index contributed by atoms with van der Waals surface area (Å²) < 4.78 is 5.01. The van der Waals surface area contributed by atoms with Crippen LogP contribution in [-0.2, 0) is 6.54 Å². The number of aromatic nitrogens is 2. The van der Waals surface area contributed by atoms with Crippen LogP contribution >= 0.6 is 11.3 Å². The van der Waals surface area contributed by atoms with E-state index in [9.17, 15) is 0 Å². The van der Waals surface area contributed by atoms with Crippen molar-refractivity contribution in [1.29, 1.82) is 0 Å². The molecule has 0 bridgehead atoms. The van der Waals surface area contributed by atoms with Crippen molar-refractivity contribution in [3.8, 4) is 10.7 Å². The normalized spacial score (nSPS) is 10.5. The summed E-state index contributed by atoms with van der Waals surface area (Å²) in [7, 11) is 1.84. The lowest BCUT2D eigenvalue weighted by atomic mass is 10.4. The predicted molar refractivity (Wildman–Crippen MR) is 50.4 cm³/mol. The van der Waals surface area contributed by atoms with Crippen LogP contribution in [0.25, 0.3) is 10.7 Å². The van der Waals surface area contributed by atoms with Crippen molar-refractivity contribution in [1.82, 2.24) is 15.5 Å². The van der Waals surface area contributed by atoms with Gasteiger partial charge in [-0.15, -0.1) is 11.3 Å². The molecule has 0 aliphatic rings. The molecule has 0 atom stereocenters. The Kier molecular flexibility index (Phi) is 2.37. The Hall–Kier alpha value is -1.20. The number of hydrogen-bond acceptors (Lipinski definition) is 5. The molecule has 5 heteroatoms. The number of thiophene rings is 1. The summed E-state index contributed by atoms with van der Waals surface area (Å²) in [5.41, 5.74) is 0. The average Bonchev–Trinajstić information content (AvgIpc) is 2.70. The summed E-state index contributed by atoms with van der Waals surface area (Å²) in [4.78, 5) is 5.25. The average molecular weight is 195 g/mol. The first kappa shape index (κ1) is 8.40. The van der Waals surface area contributed by atoms with Crippen molar-refractivity contribution in [2.24, 2.45) is 0 Å². The molecule has 2 heterocycles. The maximum Gasteiger partial charge on any atom is 0.240 e. The van der Waals surface area contributed by atoms with Gasteiger partial charge >= 0.3 is 0 Å². The molecular formula is C8H9N3OS. The molecule has 2 aromatic rings. The Morgan fingerprint density at radius 2 is 2.54 bits per heavy atom. The summed E-state index contributed by atoms with van der Waals surface area (Å²) in [6.45, 7) is 0.609. The van der Waals surface area contributed by atoms with Crippen LogP contribution in [0.2, 0.25) is 0 Å². The van der Waals surface area contributed by atoms with Gasteiger partial charge in [0.2, 0.25) is 11.7 Å². The van der Waals surface area contributed by atoms with Gasteiger partial charge in [-0.2, -0.15) is 4.98 Å². The SMILES string of the molecule is CNCc1nc(-c2cccs2)no1. The van der Waals surface area contributed by atoms with Crippen LogP contribution in [0, 0.1) is 0 Å². The lowest BCUT2D eigenvalue weighted by molar-refractivity contribution is 0.372. The minimum absolute atomic E-state index is 0.609. The van der Waals surface area contributed by atoms with Crippen molar-refractivity contribution in [2.45, 2.75) is 6.54 Å². The minimum atomic E-state index is 0.609. The minimum Gasteiger partial charge on any atom is -0.338 e. The van der Waals surface area contributed by atoms with Gasteiger partial charge in [0, 0.05) is 0 Å². The molecule has 0 amide bonds. The van der Waals surface area contributed by atoms with E-state index in [4.69, 9.17) is 4.52 Å². The third kappa shape index (κ3) is 1.76. The van der Waals surface area contributed by atoms with Crippen LogP contribution in [0.1, 0.15) is 5.89 Å². The zero-order valence-electron chi connectivity index (χ0n) is 7.15. The fourth-order valence-electron chi connectivity index (χ4n) is 0.984. The van der Waals surface area contributed by atoms with Crippen LogP contribution < -0.4 is 5.32 Å². The van der Waals surface area contributed by atoms with Gasteiger partial charge in [-0.1, -0.05) is 11.2 Å². The Bertz CT molecular complexity index is 368. The highest BCUT2D eigenvalue weighted by atomic mass is 32.1. The molecule has 0 saturated heterocycles. The van der Waals surface area contributed by atoms with Gasteiger partial charge in [-0.25, -0.2) is 0 Å². The second-order valence-electron chi connectivity index (χ2n) is 2.52. The van der Waals surface area contributed by atoms with Crippen molar-refractivity contribution < 1.29 is 4.52 Å². The van der Waals surface area contributed by atoms with Gasteiger partial charge in [0.25, 0.3) is 0 Å². The second kappa shape index (κ2) is 3.68. The summed E-state index contributed by atoms with van der Waals surface area (Å²) in [6.07, 6.45) is 0. The molecule has 0 unspecified atom stereocenters. The van der Waals surface area contributed by atoms with E-state index < -0.39 is 0 Å². The molecule has 0 aliphatic heterocycles. The molecular weight excluding hydrogens is 186 g/mol. The molecule has 68 valence electrons. The van der Waals surface area contributed by atoms with Gasteiger partial charge in [0.15, 0.2) is 0 Å². The highest BCUT2D eigenvalue weighted by molar-refractivity contribution is 7.13. The van der Waals surface area contributed by atoms with Crippen LogP contribution in [-0.4, -0.2) is 17.2 Å². The summed E-state index contributed by atoms with van der Waals surface area (Å²) in [5.74, 6) is 1.28. The maximum atomic E-state index is 5.01. The standard InChI is InChI=1S/C8H9N3OS/c1-9-5-7-10-8(11-12-7)6-3-2-4-13-6/h2-4,9H,5H2,1H3. The molecule has 0 aliphatic carbocycles. The quantitative estimate of drug-likeness (QED) is 0.806. The van der Waals surface area contributed by atoms with E-state index in [-0.39, 0.29) is 0 Å². The largest absolute Gasteiger partial charge is 0.338 e. The first-order valence-electron chi connectivity index (χ1n) is 3.91. The number of nitrogens with zero attached hydrogens (tertiary/aromatic N) is 2. The van der Waals surface area contributed by atoms with E-state index in [0.29, 0.717) is 18.3 Å². The van der Waals surface area contributed by atoms with E-state index in [1.807, 2.05) is 24.6 Å². The third-order valence-corrected chi connectivity index (χ3v) is 2.40.